The molecule has 2 amide bonds. The summed E-state index contributed by atoms with van der Waals surface area (Å²) in [5.41, 5.74) is 2.41. The van der Waals surface area contributed by atoms with E-state index in [1.807, 2.05) is 31.2 Å². The van der Waals surface area contributed by atoms with Crippen LogP contribution in [0.4, 0.5) is 26.7 Å². The summed E-state index contributed by atoms with van der Waals surface area (Å²) in [6.45, 7) is 48.3. The standard InChI is InChI=1S/C41H58N6O6S.C30H35N5O4/c1-8-11-12-13-14-15-16-17-18-19-25-54(50,51)45-33-22-20-21-32(28-33)37-43-38-34(40(48)52-36-30(5)26-29(4)27-31(36)6)35(42-7)39(47(38)44-37)53-41(49)46(23-9-2)24-10-3;1-8-14-34(15-9-2)30(37)39-28-24(31-7)23(29(36)38-25-20(5)16-19(4)17-21(25)6)27-32-26(33-35(27)28)22-12-10-18(3)11-13-22/h9-10,20-22,28-31,36,45H,2-3,8,11-19,23-27H2,1,4-6H3,(H,43,44);8-13,19-21,25H,1-2,14-17H2,3-6H3,(H,32,33). The van der Waals surface area contributed by atoms with Crippen molar-refractivity contribution >= 4 is 62.5 Å². The number of esters is 2. The van der Waals surface area contributed by atoms with Gasteiger partial charge in [-0.3, -0.25) is 14.9 Å². The van der Waals surface area contributed by atoms with E-state index in [0.717, 1.165) is 56.1 Å². The number of H-pyrrole nitrogens is 2. The first-order chi connectivity index (χ1) is 44.6. The molecule has 4 unspecified atom stereocenters. The number of fused-ring (bicyclic) bond motifs is 2. The van der Waals surface area contributed by atoms with Gasteiger partial charge in [0.15, 0.2) is 22.9 Å². The van der Waals surface area contributed by atoms with Crippen LogP contribution in [0.15, 0.2) is 99.2 Å². The van der Waals surface area contributed by atoms with E-state index in [9.17, 15) is 27.6 Å². The predicted molar refractivity (Wildman–Crippen MR) is 364 cm³/mol. The lowest BCUT2D eigenvalue weighted by Gasteiger charge is -2.37. The number of amides is 2. The maximum Gasteiger partial charge on any atom is 0.416 e. The van der Waals surface area contributed by atoms with E-state index in [-0.39, 0.29) is 119 Å². The van der Waals surface area contributed by atoms with E-state index in [1.165, 1.54) is 69.5 Å². The molecule has 93 heavy (non-hydrogen) atoms. The van der Waals surface area contributed by atoms with Crippen molar-refractivity contribution in [3.63, 3.8) is 0 Å². The number of aryl methyl sites for hydroxylation is 1. The Morgan fingerprint density at radius 2 is 1.01 bits per heavy atom. The van der Waals surface area contributed by atoms with Crippen LogP contribution in [-0.4, -0.2) is 116 Å². The fourth-order valence-corrected chi connectivity index (χ4v) is 14.2. The molecule has 2 saturated carbocycles. The third-order valence-electron chi connectivity index (χ3n) is 17.3. The van der Waals surface area contributed by atoms with Crippen LogP contribution in [0.25, 0.3) is 43.8 Å². The summed E-state index contributed by atoms with van der Waals surface area (Å²) in [4.78, 5) is 73.4. The Morgan fingerprint density at radius 3 is 1.41 bits per heavy atom. The fraction of sp³-hybridized carbons (Fsp3) is 0.493. The van der Waals surface area contributed by atoms with Crippen molar-refractivity contribution < 1.29 is 46.5 Å². The zero-order valence-electron chi connectivity index (χ0n) is 55.4. The number of aromatic nitrogens is 6. The maximum atomic E-state index is 14.0. The van der Waals surface area contributed by atoms with Crippen molar-refractivity contribution in [1.29, 1.82) is 0 Å². The van der Waals surface area contributed by atoms with Crippen LogP contribution in [0, 0.1) is 55.6 Å². The lowest BCUT2D eigenvalue weighted by Crippen LogP contribution is -2.37. The van der Waals surface area contributed by atoms with Crippen molar-refractivity contribution in [3.05, 3.63) is 139 Å². The monoisotopic (exact) mass is 1290 g/mol. The number of carbonyl (C=O) groups excluding carboxylic acids is 4. The zero-order chi connectivity index (χ0) is 67.5. The number of carbonyl (C=O) groups is 4. The average Bonchev–Trinajstić information content (AvgIpc) is 1.60. The number of rotatable bonds is 29. The summed E-state index contributed by atoms with van der Waals surface area (Å²) in [7, 11) is -3.60. The highest BCUT2D eigenvalue weighted by Gasteiger charge is 2.40. The van der Waals surface area contributed by atoms with Gasteiger partial charge in [0.05, 0.1) is 18.9 Å². The Morgan fingerprint density at radius 1 is 0.613 bits per heavy atom. The van der Waals surface area contributed by atoms with Crippen LogP contribution in [0.5, 0.6) is 11.8 Å². The third kappa shape index (κ3) is 18.2. The molecule has 498 valence electrons. The van der Waals surface area contributed by atoms with Gasteiger partial charge in [-0.15, -0.1) is 26.3 Å². The molecule has 2 fully saturated rings. The van der Waals surface area contributed by atoms with Crippen molar-refractivity contribution in [2.45, 2.75) is 157 Å². The quantitative estimate of drug-likeness (QED) is 0.0172. The largest absolute Gasteiger partial charge is 0.459 e. The summed E-state index contributed by atoms with van der Waals surface area (Å²) in [5.74, 6) is 0.600. The van der Waals surface area contributed by atoms with Gasteiger partial charge in [-0.25, -0.2) is 56.3 Å². The number of benzene rings is 2. The second kappa shape index (κ2) is 33.6. The molecule has 0 radical (unpaired) electrons. The molecule has 2 aliphatic rings. The number of sulfonamides is 1. The highest BCUT2D eigenvalue weighted by atomic mass is 32.2. The average molecular weight is 1290 g/mol. The van der Waals surface area contributed by atoms with Gasteiger partial charge in [-0.05, 0) is 86.7 Å². The Kier molecular flexibility index (Phi) is 25.9. The lowest BCUT2D eigenvalue weighted by atomic mass is 9.75. The number of ether oxygens (including phenoxy) is 4. The first kappa shape index (κ1) is 71.5. The molecule has 4 heterocycles. The van der Waals surface area contributed by atoms with E-state index in [2.05, 4.69) is 104 Å². The number of hydrogen-bond acceptors (Lipinski definition) is 12. The number of unbranched alkanes of at least 4 members (excludes halogenated alkanes) is 9. The van der Waals surface area contributed by atoms with Gasteiger partial charge in [-0.2, -0.15) is 0 Å². The molecule has 8 rings (SSSR count). The molecule has 0 aliphatic heterocycles. The molecule has 0 spiro atoms. The molecule has 3 N–H and O–H groups in total. The molecule has 4 aromatic heterocycles. The molecule has 22 heteroatoms. The van der Waals surface area contributed by atoms with E-state index in [1.54, 1.807) is 36.4 Å². The molecule has 0 bridgehead atoms. The smallest absolute Gasteiger partial charge is 0.416 e. The molecule has 2 aromatic carbocycles. The zero-order valence-corrected chi connectivity index (χ0v) is 56.2. The molecule has 4 atom stereocenters. The molecular formula is C71H93N11O10S. The summed E-state index contributed by atoms with van der Waals surface area (Å²) in [5, 5.41) is 6.17. The minimum Gasteiger partial charge on any atom is -0.459 e. The Balaban J connectivity index is 0.000000277. The van der Waals surface area contributed by atoms with E-state index in [4.69, 9.17) is 37.1 Å². The number of nitrogens with one attached hydrogen (secondary N) is 3. The predicted octanol–water partition coefficient (Wildman–Crippen LogP) is 16.5. The van der Waals surface area contributed by atoms with Crippen LogP contribution in [0.2, 0.25) is 0 Å². The SMILES string of the molecule is [C-]#[N+]c1c(C(=O)OC2C(C)CC(C)CC2C)c2nc(-c3ccc(C)cc3)[nH]n2c1OC(=O)N(CC=C)CC=C.[C-]#[N+]c1c(C(=O)OC2C(C)CC(C)CC2C)c2nc(-c3cccc(NS(=O)(=O)CCCCCCCCCCCC)c3)[nH]n2c1OC(=O)N(CC=C)CC=C. The van der Waals surface area contributed by atoms with E-state index in [0.29, 0.717) is 35.3 Å². The Bertz CT molecular complexity index is 3760. The van der Waals surface area contributed by atoms with Crippen molar-refractivity contribution in [3.8, 4) is 34.5 Å². The van der Waals surface area contributed by atoms with Crippen LogP contribution in [0.3, 0.4) is 0 Å². The summed E-state index contributed by atoms with van der Waals surface area (Å²) < 4.78 is 55.0. The van der Waals surface area contributed by atoms with Crippen LogP contribution >= 0.6 is 0 Å². The number of nitrogens with zero attached hydrogens (tertiary/aromatic N) is 8. The van der Waals surface area contributed by atoms with Crippen molar-refractivity contribution in [2.75, 3.05) is 36.7 Å². The number of hydrogen-bond donors (Lipinski definition) is 3. The van der Waals surface area contributed by atoms with Gasteiger partial charge in [0, 0.05) is 43.0 Å². The van der Waals surface area contributed by atoms with Gasteiger partial charge in [0.25, 0.3) is 11.4 Å². The molecule has 21 nitrogen and oxygen atoms in total. The van der Waals surface area contributed by atoms with Gasteiger partial charge in [-0.1, -0.05) is 173 Å². The second-order valence-electron chi connectivity index (χ2n) is 25.3. The minimum absolute atomic E-state index is 0.0177. The fourth-order valence-electron chi connectivity index (χ4n) is 13.0. The Labute approximate surface area is 548 Å². The number of aromatic amines is 2. The summed E-state index contributed by atoms with van der Waals surface area (Å²) in [6, 6.07) is 14.4. The summed E-state index contributed by atoms with van der Waals surface area (Å²) >= 11 is 0. The topological polar surface area (TPSA) is 233 Å². The maximum absolute atomic E-state index is 14.0. The van der Waals surface area contributed by atoms with E-state index >= 15 is 0 Å². The van der Waals surface area contributed by atoms with Crippen molar-refractivity contribution in [2.24, 2.45) is 35.5 Å². The Hall–Kier alpha value is -8.89. The first-order valence-corrected chi connectivity index (χ1v) is 34.3. The second-order valence-corrected chi connectivity index (χ2v) is 27.1. The highest BCUT2D eigenvalue weighted by Crippen LogP contribution is 2.43. The molecule has 2 aliphatic carbocycles. The van der Waals surface area contributed by atoms with Crippen molar-refractivity contribution in [1.82, 2.24) is 39.0 Å². The van der Waals surface area contributed by atoms with Gasteiger partial charge in [0.2, 0.25) is 21.8 Å². The minimum atomic E-state index is -3.60. The molecule has 6 aromatic rings. The van der Waals surface area contributed by atoms with Gasteiger partial charge in [0.1, 0.15) is 23.3 Å². The lowest BCUT2D eigenvalue weighted by molar-refractivity contribution is -0.0253. The third-order valence-corrected chi connectivity index (χ3v) is 18.6. The number of anilines is 1. The van der Waals surface area contributed by atoms with Gasteiger partial charge >= 0.3 is 24.1 Å². The van der Waals surface area contributed by atoms with Gasteiger partial charge < -0.3 is 28.7 Å². The van der Waals surface area contributed by atoms with Crippen LogP contribution in [-0.2, 0) is 19.5 Å². The summed E-state index contributed by atoms with van der Waals surface area (Å²) in [6.07, 6.45) is 18.9. The molecule has 0 saturated heterocycles. The first-order valence-electron chi connectivity index (χ1n) is 32.6. The van der Waals surface area contributed by atoms with Crippen LogP contribution in [0.1, 0.15) is 165 Å². The van der Waals surface area contributed by atoms with E-state index < -0.39 is 34.1 Å². The van der Waals surface area contributed by atoms with Crippen LogP contribution < -0.4 is 14.2 Å². The highest BCUT2D eigenvalue weighted by molar-refractivity contribution is 7.92. The molecular weight excluding hydrogens is 1200 g/mol. The normalized spacial score (nSPS) is 19.4.